The number of H-pyrrole nitrogens is 1. The number of ether oxygens (including phenoxy) is 2. The molecule has 0 atom stereocenters. The van der Waals surface area contributed by atoms with Crippen LogP contribution in [0.1, 0.15) is 11.4 Å². The van der Waals surface area contributed by atoms with E-state index in [2.05, 4.69) is 37.9 Å². The lowest BCUT2D eigenvalue weighted by atomic mass is 10.0. The van der Waals surface area contributed by atoms with Crippen molar-refractivity contribution in [3.8, 4) is 33.9 Å². The fraction of sp³-hybridized carbons (Fsp3) is 0.103. The molecule has 1 amide bonds. The summed E-state index contributed by atoms with van der Waals surface area (Å²) in [7, 11) is 1.58. The minimum Gasteiger partial charge on any atom is -0.485 e. The Morgan fingerprint density at radius 3 is 2.73 bits per heavy atom. The number of aryl methyl sites for hydroxylation is 1. The minimum absolute atomic E-state index is 0.265. The lowest BCUT2D eigenvalue weighted by molar-refractivity contribution is -0.111. The van der Waals surface area contributed by atoms with Crippen molar-refractivity contribution in [3.63, 3.8) is 0 Å². The van der Waals surface area contributed by atoms with Crippen LogP contribution in [0, 0.1) is 6.92 Å². The molecule has 1 aromatic carbocycles. The average Bonchev–Trinajstić information content (AvgIpc) is 3.35. The molecular formula is C29H25N5O3. The molecule has 4 heterocycles. The van der Waals surface area contributed by atoms with Crippen LogP contribution in [0.25, 0.3) is 33.3 Å². The van der Waals surface area contributed by atoms with Crippen LogP contribution < -0.4 is 14.8 Å². The lowest BCUT2D eigenvalue weighted by Crippen LogP contribution is -2.06. The molecule has 0 unspecified atom stereocenters. The summed E-state index contributed by atoms with van der Waals surface area (Å²) in [6, 6.07) is 17.3. The van der Waals surface area contributed by atoms with Gasteiger partial charge in [-0.3, -0.25) is 9.78 Å². The summed E-state index contributed by atoms with van der Waals surface area (Å²) < 4.78 is 11.6. The fourth-order valence-electron chi connectivity index (χ4n) is 4.05. The number of carbonyl (C=O) groups excluding carboxylic acids is 1. The van der Waals surface area contributed by atoms with Gasteiger partial charge in [-0.1, -0.05) is 24.8 Å². The Bertz CT molecular complexity index is 1610. The van der Waals surface area contributed by atoms with E-state index in [4.69, 9.17) is 9.47 Å². The van der Waals surface area contributed by atoms with Gasteiger partial charge >= 0.3 is 0 Å². The van der Waals surface area contributed by atoms with E-state index in [1.54, 1.807) is 19.5 Å². The second-order valence-corrected chi connectivity index (χ2v) is 8.38. The monoisotopic (exact) mass is 491 g/mol. The van der Waals surface area contributed by atoms with E-state index < -0.39 is 0 Å². The normalized spacial score (nSPS) is 10.8. The topological polar surface area (TPSA) is 102 Å². The zero-order chi connectivity index (χ0) is 25.8. The van der Waals surface area contributed by atoms with Crippen LogP contribution in [0.15, 0.2) is 85.8 Å². The molecular weight excluding hydrogens is 466 g/mol. The third kappa shape index (κ3) is 5.18. The SMILES string of the molecule is C=CC(=O)Nc1cccc(-c2cnc3[nH]cc(-c4cc(OC)ncc4OCc4cccc(C)n4)c3c2)c1. The van der Waals surface area contributed by atoms with Crippen LogP contribution in [-0.2, 0) is 11.4 Å². The van der Waals surface area contributed by atoms with E-state index in [0.717, 1.165) is 44.7 Å². The van der Waals surface area contributed by atoms with Crippen LogP contribution in [0.2, 0.25) is 0 Å². The smallest absolute Gasteiger partial charge is 0.247 e. The molecule has 5 rings (SSSR count). The molecule has 0 fully saturated rings. The molecule has 0 aliphatic rings. The summed E-state index contributed by atoms with van der Waals surface area (Å²) >= 11 is 0. The zero-order valence-electron chi connectivity index (χ0n) is 20.5. The molecule has 5 aromatic rings. The molecule has 37 heavy (non-hydrogen) atoms. The fourth-order valence-corrected chi connectivity index (χ4v) is 4.05. The second-order valence-electron chi connectivity index (χ2n) is 8.38. The highest BCUT2D eigenvalue weighted by atomic mass is 16.5. The van der Waals surface area contributed by atoms with E-state index in [-0.39, 0.29) is 5.91 Å². The number of hydrogen-bond donors (Lipinski definition) is 2. The summed E-state index contributed by atoms with van der Waals surface area (Å²) in [6.45, 7) is 5.76. The number of carbonyl (C=O) groups is 1. The van der Waals surface area contributed by atoms with Gasteiger partial charge in [0.1, 0.15) is 18.0 Å². The molecule has 184 valence electrons. The Balaban J connectivity index is 1.53. The van der Waals surface area contributed by atoms with Gasteiger partial charge in [-0.05, 0) is 48.9 Å². The lowest BCUT2D eigenvalue weighted by Gasteiger charge is -2.12. The highest BCUT2D eigenvalue weighted by Crippen LogP contribution is 2.38. The molecule has 0 saturated heterocycles. The molecule has 0 aliphatic heterocycles. The van der Waals surface area contributed by atoms with Crippen molar-refractivity contribution in [1.82, 2.24) is 19.9 Å². The largest absolute Gasteiger partial charge is 0.485 e. The first-order valence-corrected chi connectivity index (χ1v) is 11.6. The predicted molar refractivity (Wildman–Crippen MR) is 143 cm³/mol. The third-order valence-corrected chi connectivity index (χ3v) is 5.84. The number of anilines is 1. The molecule has 8 heteroatoms. The number of pyridine rings is 3. The van der Waals surface area contributed by atoms with Gasteiger partial charge in [0.2, 0.25) is 11.8 Å². The summed E-state index contributed by atoms with van der Waals surface area (Å²) in [6.07, 6.45) is 6.59. The Labute approximate surface area is 214 Å². The molecule has 8 nitrogen and oxygen atoms in total. The number of benzene rings is 1. The average molecular weight is 492 g/mol. The van der Waals surface area contributed by atoms with E-state index in [1.165, 1.54) is 6.08 Å². The summed E-state index contributed by atoms with van der Waals surface area (Å²) in [5, 5.41) is 3.70. The van der Waals surface area contributed by atoms with Gasteiger partial charge in [0.05, 0.1) is 19.0 Å². The molecule has 0 aliphatic carbocycles. The number of nitrogens with zero attached hydrogens (tertiary/aromatic N) is 3. The predicted octanol–water partition coefficient (Wildman–Crippen LogP) is 5.71. The van der Waals surface area contributed by atoms with Gasteiger partial charge in [-0.2, -0.15) is 0 Å². The number of methoxy groups -OCH3 is 1. The van der Waals surface area contributed by atoms with Crippen molar-refractivity contribution in [2.75, 3.05) is 12.4 Å². The minimum atomic E-state index is -0.265. The molecule has 2 N–H and O–H groups in total. The van der Waals surface area contributed by atoms with Crippen molar-refractivity contribution in [1.29, 1.82) is 0 Å². The molecule has 0 bridgehead atoms. The molecule has 4 aromatic heterocycles. The van der Waals surface area contributed by atoms with Crippen molar-refractivity contribution >= 4 is 22.6 Å². The van der Waals surface area contributed by atoms with Gasteiger partial charge in [0.15, 0.2) is 0 Å². The molecule has 0 saturated carbocycles. The number of hydrogen-bond acceptors (Lipinski definition) is 6. The summed E-state index contributed by atoms with van der Waals surface area (Å²) in [5.41, 5.74) is 6.69. The van der Waals surface area contributed by atoms with Gasteiger partial charge < -0.3 is 19.8 Å². The van der Waals surface area contributed by atoms with Crippen molar-refractivity contribution in [2.45, 2.75) is 13.5 Å². The van der Waals surface area contributed by atoms with Crippen LogP contribution in [-0.4, -0.2) is 33.0 Å². The molecule has 0 spiro atoms. The summed E-state index contributed by atoms with van der Waals surface area (Å²) in [5.74, 6) is 0.809. The Kier molecular flexibility index (Phi) is 6.63. The number of amides is 1. The number of fused-ring (bicyclic) bond motifs is 1. The molecule has 0 radical (unpaired) electrons. The number of rotatable bonds is 8. The first-order chi connectivity index (χ1) is 18.0. The summed E-state index contributed by atoms with van der Waals surface area (Å²) in [4.78, 5) is 28.5. The standard InChI is InChI=1S/C29H25N5O3/c1-4-27(35)34-21-9-6-8-19(11-21)20-12-24-25(15-32-29(24)31-14-20)23-13-28(36-3)30-16-26(23)37-17-22-10-5-7-18(2)33-22/h4-16H,1,17H2,2-3H3,(H,31,32)(H,34,35). The first-order valence-electron chi connectivity index (χ1n) is 11.6. The van der Waals surface area contributed by atoms with E-state index >= 15 is 0 Å². The van der Waals surface area contributed by atoms with Crippen molar-refractivity contribution in [3.05, 3.63) is 97.2 Å². The maximum Gasteiger partial charge on any atom is 0.247 e. The quantitative estimate of drug-likeness (QED) is 0.270. The zero-order valence-corrected chi connectivity index (χ0v) is 20.5. The van der Waals surface area contributed by atoms with Crippen LogP contribution in [0.5, 0.6) is 11.6 Å². The van der Waals surface area contributed by atoms with Crippen LogP contribution in [0.4, 0.5) is 5.69 Å². The Morgan fingerprint density at radius 2 is 1.92 bits per heavy atom. The van der Waals surface area contributed by atoms with Gasteiger partial charge in [-0.25, -0.2) is 9.97 Å². The maximum atomic E-state index is 11.7. The Hall–Kier alpha value is -4.98. The first kappa shape index (κ1) is 23.7. The van der Waals surface area contributed by atoms with Crippen LogP contribution in [0.3, 0.4) is 0 Å². The van der Waals surface area contributed by atoms with E-state index in [1.807, 2.05) is 61.7 Å². The number of nitrogens with one attached hydrogen (secondary N) is 2. The second kappa shape index (κ2) is 10.3. The highest BCUT2D eigenvalue weighted by molar-refractivity contribution is 6.00. The van der Waals surface area contributed by atoms with Gasteiger partial charge in [0.25, 0.3) is 0 Å². The van der Waals surface area contributed by atoms with Crippen LogP contribution >= 0.6 is 0 Å². The Morgan fingerprint density at radius 1 is 1.05 bits per heavy atom. The van der Waals surface area contributed by atoms with Gasteiger partial charge in [-0.15, -0.1) is 0 Å². The van der Waals surface area contributed by atoms with Crippen molar-refractivity contribution in [2.24, 2.45) is 0 Å². The highest BCUT2D eigenvalue weighted by Gasteiger charge is 2.16. The van der Waals surface area contributed by atoms with E-state index in [0.29, 0.717) is 23.9 Å². The third-order valence-electron chi connectivity index (χ3n) is 5.84. The maximum absolute atomic E-state index is 11.7. The van der Waals surface area contributed by atoms with E-state index in [9.17, 15) is 4.79 Å². The number of aromatic nitrogens is 4. The van der Waals surface area contributed by atoms with Crippen molar-refractivity contribution < 1.29 is 14.3 Å². The number of aromatic amines is 1. The van der Waals surface area contributed by atoms with Gasteiger partial charge in [0, 0.05) is 51.9 Å².